The van der Waals surface area contributed by atoms with Gasteiger partial charge in [-0.1, -0.05) is 25.7 Å². The van der Waals surface area contributed by atoms with E-state index in [4.69, 9.17) is 5.73 Å². The van der Waals surface area contributed by atoms with Gasteiger partial charge in [-0.2, -0.15) is 4.98 Å². The number of nitrogens with two attached hydrogens (primary N) is 1. The van der Waals surface area contributed by atoms with Crippen LogP contribution in [0.4, 0.5) is 5.95 Å². The third-order valence-electron chi connectivity index (χ3n) is 5.27. The fraction of sp³-hybridized carbons (Fsp3) is 0.632. The highest BCUT2D eigenvalue weighted by Gasteiger charge is 2.27. The molecule has 0 amide bonds. The molecule has 1 fully saturated rings. The maximum Gasteiger partial charge on any atom is 0.278 e. The number of fused-ring (bicyclic) bond motifs is 1. The Bertz CT molecular complexity index is 870. The van der Waals surface area contributed by atoms with Crippen LogP contribution in [0.15, 0.2) is 11.1 Å². The van der Waals surface area contributed by atoms with Crippen LogP contribution in [0, 0.1) is 5.92 Å². The summed E-state index contributed by atoms with van der Waals surface area (Å²) in [6, 6.07) is 0. The summed E-state index contributed by atoms with van der Waals surface area (Å²) in [5.74, 6) is 0.0249. The first-order chi connectivity index (χ1) is 13.1. The summed E-state index contributed by atoms with van der Waals surface area (Å²) >= 11 is 0. The van der Waals surface area contributed by atoms with Crippen molar-refractivity contribution in [2.75, 3.05) is 5.73 Å². The number of hydrogen-bond acceptors (Lipinski definition) is 6. The second kappa shape index (κ2) is 8.92. The van der Waals surface area contributed by atoms with E-state index in [0.717, 1.165) is 51.4 Å². The number of nitrogens with one attached hydrogen (secondary N) is 1. The van der Waals surface area contributed by atoms with Crippen molar-refractivity contribution in [2.24, 2.45) is 5.92 Å². The number of aromatic nitrogens is 4. The van der Waals surface area contributed by atoms with Crippen molar-refractivity contribution < 1.29 is 9.59 Å². The number of carbonyl (C=O) groups is 2. The van der Waals surface area contributed by atoms with E-state index in [1.165, 1.54) is 0 Å². The van der Waals surface area contributed by atoms with Crippen LogP contribution in [-0.2, 0) is 16.1 Å². The second-order valence-electron chi connectivity index (χ2n) is 7.31. The van der Waals surface area contributed by atoms with Crippen molar-refractivity contribution in [1.29, 1.82) is 0 Å². The lowest BCUT2D eigenvalue weighted by molar-refractivity contribution is -0.134. The Morgan fingerprint density at radius 3 is 2.78 bits per heavy atom. The van der Waals surface area contributed by atoms with Crippen molar-refractivity contribution in [3.05, 3.63) is 16.7 Å². The van der Waals surface area contributed by atoms with E-state index in [-0.39, 0.29) is 29.0 Å². The van der Waals surface area contributed by atoms with Gasteiger partial charge in [0.2, 0.25) is 5.95 Å². The number of unbranched alkanes of at least 4 members (excludes halogenated alkanes) is 4. The van der Waals surface area contributed by atoms with Crippen LogP contribution in [0.3, 0.4) is 0 Å². The van der Waals surface area contributed by atoms with Gasteiger partial charge in [-0.3, -0.25) is 19.4 Å². The normalized spacial score (nSPS) is 17.5. The molecule has 1 saturated carbocycles. The van der Waals surface area contributed by atoms with Gasteiger partial charge >= 0.3 is 0 Å². The van der Waals surface area contributed by atoms with Gasteiger partial charge in [-0.05, 0) is 25.7 Å². The average Bonchev–Trinajstić information content (AvgIpc) is 3.04. The molecule has 2 heterocycles. The van der Waals surface area contributed by atoms with E-state index < -0.39 is 0 Å². The van der Waals surface area contributed by atoms with E-state index in [1.807, 2.05) is 0 Å². The fourth-order valence-corrected chi connectivity index (χ4v) is 3.78. The third kappa shape index (κ3) is 4.81. The van der Waals surface area contributed by atoms with E-state index in [2.05, 4.69) is 15.0 Å². The predicted molar refractivity (Wildman–Crippen MR) is 102 cm³/mol. The molecule has 3 rings (SSSR count). The minimum absolute atomic E-state index is 0.0715. The van der Waals surface area contributed by atoms with Crippen LogP contribution in [0.5, 0.6) is 0 Å². The predicted octanol–water partition coefficient (Wildman–Crippen LogP) is 2.37. The van der Waals surface area contributed by atoms with Crippen LogP contribution in [0.2, 0.25) is 0 Å². The largest absolute Gasteiger partial charge is 0.369 e. The zero-order valence-corrected chi connectivity index (χ0v) is 15.6. The lowest BCUT2D eigenvalue weighted by Gasteiger charge is -2.19. The van der Waals surface area contributed by atoms with Crippen molar-refractivity contribution in [3.63, 3.8) is 0 Å². The van der Waals surface area contributed by atoms with E-state index in [9.17, 15) is 14.4 Å². The Labute approximate surface area is 157 Å². The van der Waals surface area contributed by atoms with Crippen molar-refractivity contribution in [2.45, 2.75) is 70.8 Å². The topological polar surface area (TPSA) is 124 Å². The Hall–Kier alpha value is -2.51. The number of Topliss-reactive ketones (excluding diaryl/α,β-unsaturated/α-hetero) is 2. The zero-order chi connectivity index (χ0) is 19.2. The van der Waals surface area contributed by atoms with Gasteiger partial charge in [0.15, 0.2) is 11.2 Å². The Balaban J connectivity index is 1.35. The van der Waals surface area contributed by atoms with Crippen LogP contribution in [0.25, 0.3) is 11.2 Å². The fourth-order valence-electron chi connectivity index (χ4n) is 3.78. The molecule has 8 heteroatoms. The molecule has 0 saturated heterocycles. The van der Waals surface area contributed by atoms with Crippen molar-refractivity contribution >= 4 is 28.7 Å². The third-order valence-corrected chi connectivity index (χ3v) is 5.27. The molecule has 1 atom stereocenters. The molecule has 0 bridgehead atoms. The number of aromatic amines is 1. The molecule has 0 radical (unpaired) electrons. The number of anilines is 1. The molecule has 1 aliphatic carbocycles. The van der Waals surface area contributed by atoms with Crippen molar-refractivity contribution in [1.82, 2.24) is 19.5 Å². The first kappa shape index (κ1) is 19.3. The lowest BCUT2D eigenvalue weighted by atomic mass is 9.83. The first-order valence-electron chi connectivity index (χ1n) is 9.82. The molecule has 0 aliphatic heterocycles. The van der Waals surface area contributed by atoms with Crippen LogP contribution < -0.4 is 11.3 Å². The molecule has 0 spiro atoms. The quantitative estimate of drug-likeness (QED) is 0.514. The van der Waals surface area contributed by atoms with Gasteiger partial charge in [0.1, 0.15) is 11.6 Å². The number of nitrogen functional groups attached to an aromatic ring is 1. The summed E-state index contributed by atoms with van der Waals surface area (Å²) < 4.78 is 1.80. The van der Waals surface area contributed by atoms with Gasteiger partial charge in [0.25, 0.3) is 5.56 Å². The summed E-state index contributed by atoms with van der Waals surface area (Å²) in [5, 5.41) is 0. The minimum atomic E-state index is -0.325. The number of hydrogen-bond donors (Lipinski definition) is 2. The molecule has 2 aromatic heterocycles. The molecule has 8 nitrogen and oxygen atoms in total. The SMILES string of the molecule is Nc1nc2ncn(CCCCCCCC(=O)C3CCCCC3=O)c2c(=O)[nH]1. The van der Waals surface area contributed by atoms with Gasteiger partial charge in [0.05, 0.1) is 12.2 Å². The monoisotopic (exact) mass is 373 g/mol. The number of rotatable bonds is 9. The highest BCUT2D eigenvalue weighted by atomic mass is 16.2. The second-order valence-corrected chi connectivity index (χ2v) is 7.31. The van der Waals surface area contributed by atoms with Crippen LogP contribution in [0.1, 0.15) is 64.2 Å². The number of aryl methyl sites for hydroxylation is 1. The average molecular weight is 373 g/mol. The minimum Gasteiger partial charge on any atom is -0.369 e. The maximum absolute atomic E-state index is 12.2. The van der Waals surface area contributed by atoms with E-state index in [1.54, 1.807) is 10.9 Å². The van der Waals surface area contributed by atoms with Gasteiger partial charge in [0, 0.05) is 19.4 Å². The number of H-pyrrole nitrogens is 1. The van der Waals surface area contributed by atoms with Gasteiger partial charge < -0.3 is 10.3 Å². The van der Waals surface area contributed by atoms with Crippen LogP contribution in [-0.4, -0.2) is 31.1 Å². The van der Waals surface area contributed by atoms with Crippen molar-refractivity contribution in [3.8, 4) is 0 Å². The molecule has 2 aromatic rings. The number of imidazole rings is 1. The summed E-state index contributed by atoms with van der Waals surface area (Å²) in [5.41, 5.74) is 6.07. The summed E-state index contributed by atoms with van der Waals surface area (Å²) in [7, 11) is 0. The Morgan fingerprint density at radius 2 is 1.96 bits per heavy atom. The summed E-state index contributed by atoms with van der Waals surface area (Å²) in [6.45, 7) is 0.695. The maximum atomic E-state index is 12.2. The number of nitrogens with zero attached hydrogens (tertiary/aromatic N) is 3. The van der Waals surface area contributed by atoms with Gasteiger partial charge in [-0.15, -0.1) is 0 Å². The Morgan fingerprint density at radius 1 is 1.19 bits per heavy atom. The number of ketones is 2. The van der Waals surface area contributed by atoms with E-state index >= 15 is 0 Å². The zero-order valence-electron chi connectivity index (χ0n) is 15.6. The van der Waals surface area contributed by atoms with Crippen LogP contribution >= 0.6 is 0 Å². The number of carbonyl (C=O) groups excluding carboxylic acids is 2. The smallest absolute Gasteiger partial charge is 0.278 e. The Kier molecular flexibility index (Phi) is 6.36. The molecular weight excluding hydrogens is 346 g/mol. The summed E-state index contributed by atoms with van der Waals surface area (Å²) in [6.07, 6.45) is 10.2. The highest BCUT2D eigenvalue weighted by Crippen LogP contribution is 2.23. The van der Waals surface area contributed by atoms with Gasteiger partial charge in [-0.25, -0.2) is 4.98 Å². The molecule has 1 aliphatic rings. The molecule has 27 heavy (non-hydrogen) atoms. The molecule has 1 unspecified atom stereocenters. The molecular formula is C19H27N5O3. The molecule has 146 valence electrons. The highest BCUT2D eigenvalue weighted by molar-refractivity contribution is 6.02. The lowest BCUT2D eigenvalue weighted by Crippen LogP contribution is -2.27. The standard InChI is InChI=1S/C19H27N5O3/c20-19-22-17-16(18(27)23-19)24(12-21-17)11-7-3-1-2-4-9-14(25)13-8-5-6-10-15(13)26/h12-13H,1-11H2,(H3,20,22,23,27). The first-order valence-corrected chi connectivity index (χ1v) is 9.82. The van der Waals surface area contributed by atoms with E-state index in [0.29, 0.717) is 30.6 Å². The summed E-state index contributed by atoms with van der Waals surface area (Å²) in [4.78, 5) is 46.6. The molecule has 3 N–H and O–H groups in total. The molecule has 0 aromatic carbocycles.